The van der Waals surface area contributed by atoms with E-state index in [-0.39, 0.29) is 5.91 Å². The Bertz CT molecular complexity index is 664. The third-order valence-corrected chi connectivity index (χ3v) is 4.33. The largest absolute Gasteiger partial charge is 0.339 e. The van der Waals surface area contributed by atoms with Crippen molar-refractivity contribution < 1.29 is 9.32 Å². The van der Waals surface area contributed by atoms with E-state index in [2.05, 4.69) is 20.1 Å². The fourth-order valence-corrected chi connectivity index (χ4v) is 2.88. The normalized spacial score (nSPS) is 15.5. The number of hydrogen-bond acceptors (Lipinski definition) is 7. The van der Waals surface area contributed by atoms with Crippen molar-refractivity contribution in [2.75, 3.05) is 32.1 Å². The zero-order valence-corrected chi connectivity index (χ0v) is 14.1. The molecule has 2 aromatic heterocycles. The number of carbonyl (C=O) groups is 1. The van der Waals surface area contributed by atoms with Crippen LogP contribution >= 0.6 is 0 Å². The van der Waals surface area contributed by atoms with Crippen LogP contribution in [-0.4, -0.2) is 58.1 Å². The minimum absolute atomic E-state index is 0.0165. The van der Waals surface area contributed by atoms with Crippen LogP contribution in [0.15, 0.2) is 23.2 Å². The summed E-state index contributed by atoms with van der Waals surface area (Å²) in [6.45, 7) is 1.54. The lowest BCUT2D eigenvalue weighted by Crippen LogP contribution is -2.38. The predicted molar refractivity (Wildman–Crippen MR) is 87.6 cm³/mol. The first-order valence-electron chi connectivity index (χ1n) is 8.17. The summed E-state index contributed by atoms with van der Waals surface area (Å²) < 4.78 is 5.16. The maximum absolute atomic E-state index is 12.4. The average Bonchev–Trinajstić information content (AvgIpc) is 3.10. The molecule has 0 N–H and O–H groups in total. The van der Waals surface area contributed by atoms with Crippen LogP contribution in [0.2, 0.25) is 0 Å². The fraction of sp³-hybridized carbons (Fsp3) is 0.562. The van der Waals surface area contributed by atoms with E-state index < -0.39 is 0 Å². The van der Waals surface area contributed by atoms with E-state index in [1.807, 2.05) is 19.0 Å². The van der Waals surface area contributed by atoms with Gasteiger partial charge in [0, 0.05) is 46.0 Å². The lowest BCUT2D eigenvalue weighted by atomic mass is 9.92. The number of likely N-dealkylation sites (tertiary alicyclic amines) is 1. The van der Waals surface area contributed by atoms with E-state index in [9.17, 15) is 4.79 Å². The zero-order chi connectivity index (χ0) is 16.9. The van der Waals surface area contributed by atoms with Crippen LogP contribution in [0.1, 0.15) is 35.4 Å². The second kappa shape index (κ2) is 7.37. The van der Waals surface area contributed by atoms with Crippen molar-refractivity contribution in [2.45, 2.75) is 25.7 Å². The van der Waals surface area contributed by atoms with Crippen molar-refractivity contribution in [3.63, 3.8) is 0 Å². The van der Waals surface area contributed by atoms with Gasteiger partial charge >= 0.3 is 6.01 Å². The first-order valence-corrected chi connectivity index (χ1v) is 8.17. The molecule has 3 heterocycles. The van der Waals surface area contributed by atoms with Crippen LogP contribution in [-0.2, 0) is 6.42 Å². The van der Waals surface area contributed by atoms with Gasteiger partial charge in [-0.2, -0.15) is 4.98 Å². The van der Waals surface area contributed by atoms with E-state index in [0.717, 1.165) is 44.6 Å². The molecule has 1 fully saturated rings. The number of piperidine rings is 1. The van der Waals surface area contributed by atoms with Crippen LogP contribution in [0.25, 0.3) is 0 Å². The lowest BCUT2D eigenvalue weighted by Gasteiger charge is -2.31. The molecule has 0 spiro atoms. The molecule has 8 nitrogen and oxygen atoms in total. The lowest BCUT2D eigenvalue weighted by molar-refractivity contribution is 0.0685. The molecule has 1 aliphatic rings. The molecule has 3 rings (SSSR count). The van der Waals surface area contributed by atoms with E-state index in [1.54, 1.807) is 17.3 Å². The molecular weight excluding hydrogens is 308 g/mol. The number of rotatable bonds is 5. The van der Waals surface area contributed by atoms with Gasteiger partial charge in [-0.15, -0.1) is 0 Å². The highest BCUT2D eigenvalue weighted by Crippen LogP contribution is 2.23. The number of aryl methyl sites for hydroxylation is 1. The number of carbonyl (C=O) groups excluding carboxylic acids is 1. The van der Waals surface area contributed by atoms with Crippen molar-refractivity contribution in [1.29, 1.82) is 0 Å². The summed E-state index contributed by atoms with van der Waals surface area (Å²) in [5, 5.41) is 4.00. The van der Waals surface area contributed by atoms with Gasteiger partial charge in [0.1, 0.15) is 6.33 Å². The monoisotopic (exact) mass is 330 g/mol. The molecule has 0 aliphatic carbocycles. The summed E-state index contributed by atoms with van der Waals surface area (Å²) >= 11 is 0. The van der Waals surface area contributed by atoms with Crippen molar-refractivity contribution in [2.24, 2.45) is 5.92 Å². The Kier molecular flexibility index (Phi) is 5.02. The van der Waals surface area contributed by atoms with Gasteiger partial charge in [-0.3, -0.25) is 4.79 Å². The fourth-order valence-electron chi connectivity index (χ4n) is 2.88. The molecule has 1 aliphatic heterocycles. The summed E-state index contributed by atoms with van der Waals surface area (Å²) in [4.78, 5) is 28.2. The van der Waals surface area contributed by atoms with Gasteiger partial charge in [0.15, 0.2) is 5.82 Å². The Morgan fingerprint density at radius 3 is 2.62 bits per heavy atom. The standard InChI is InChI=1S/C16H22N6O2/c1-21(2)16-19-14(20-24-16)4-3-12-5-7-22(8-6-12)15(23)13-9-17-11-18-10-13/h9-12H,3-8H2,1-2H3. The summed E-state index contributed by atoms with van der Waals surface area (Å²) in [5.41, 5.74) is 0.555. The minimum Gasteiger partial charge on any atom is -0.339 e. The van der Waals surface area contributed by atoms with Crippen molar-refractivity contribution in [3.8, 4) is 0 Å². The van der Waals surface area contributed by atoms with Gasteiger partial charge in [-0.05, 0) is 25.2 Å². The van der Waals surface area contributed by atoms with Crippen LogP contribution in [0.4, 0.5) is 6.01 Å². The Morgan fingerprint density at radius 2 is 2.00 bits per heavy atom. The number of amides is 1. The van der Waals surface area contributed by atoms with Gasteiger partial charge in [0.2, 0.25) is 0 Å². The molecule has 1 saturated heterocycles. The second-order valence-corrected chi connectivity index (χ2v) is 6.29. The maximum Gasteiger partial charge on any atom is 0.323 e. The molecule has 0 unspecified atom stereocenters. The third-order valence-electron chi connectivity index (χ3n) is 4.33. The van der Waals surface area contributed by atoms with E-state index >= 15 is 0 Å². The highest BCUT2D eigenvalue weighted by Gasteiger charge is 2.24. The number of aromatic nitrogens is 4. The molecular formula is C16H22N6O2. The predicted octanol–water partition coefficient (Wildman–Crippen LogP) is 1.41. The molecule has 8 heteroatoms. The molecule has 0 atom stereocenters. The van der Waals surface area contributed by atoms with Crippen molar-refractivity contribution in [1.82, 2.24) is 25.0 Å². The number of nitrogens with zero attached hydrogens (tertiary/aromatic N) is 6. The van der Waals surface area contributed by atoms with Gasteiger partial charge in [0.25, 0.3) is 5.91 Å². The van der Waals surface area contributed by atoms with Crippen LogP contribution in [0, 0.1) is 5.92 Å². The summed E-state index contributed by atoms with van der Waals surface area (Å²) in [7, 11) is 3.75. The van der Waals surface area contributed by atoms with E-state index in [0.29, 0.717) is 17.5 Å². The van der Waals surface area contributed by atoms with Crippen LogP contribution in [0.3, 0.4) is 0 Å². The first kappa shape index (κ1) is 16.4. The SMILES string of the molecule is CN(C)c1nc(CCC2CCN(C(=O)c3cncnc3)CC2)no1. The Balaban J connectivity index is 1.46. The zero-order valence-electron chi connectivity index (χ0n) is 14.1. The summed E-state index contributed by atoms with van der Waals surface area (Å²) in [6, 6.07) is 0.537. The average molecular weight is 330 g/mol. The second-order valence-electron chi connectivity index (χ2n) is 6.29. The van der Waals surface area contributed by atoms with Gasteiger partial charge < -0.3 is 14.3 Å². The van der Waals surface area contributed by atoms with Crippen LogP contribution in [0.5, 0.6) is 0 Å². The molecule has 0 radical (unpaired) electrons. The maximum atomic E-state index is 12.4. The first-order chi connectivity index (χ1) is 11.6. The summed E-state index contributed by atoms with van der Waals surface area (Å²) in [5.74, 6) is 1.35. The van der Waals surface area contributed by atoms with E-state index in [1.165, 1.54) is 6.33 Å². The summed E-state index contributed by atoms with van der Waals surface area (Å²) in [6.07, 6.45) is 8.39. The Morgan fingerprint density at radius 1 is 1.29 bits per heavy atom. The molecule has 0 bridgehead atoms. The molecule has 1 amide bonds. The van der Waals surface area contributed by atoms with Crippen molar-refractivity contribution >= 4 is 11.9 Å². The molecule has 0 saturated carbocycles. The van der Waals surface area contributed by atoms with Gasteiger partial charge in [-0.1, -0.05) is 5.16 Å². The van der Waals surface area contributed by atoms with Crippen LogP contribution < -0.4 is 4.90 Å². The highest BCUT2D eigenvalue weighted by atomic mass is 16.5. The van der Waals surface area contributed by atoms with Crippen molar-refractivity contribution in [3.05, 3.63) is 30.1 Å². The van der Waals surface area contributed by atoms with Gasteiger partial charge in [-0.25, -0.2) is 9.97 Å². The topological polar surface area (TPSA) is 88.3 Å². The smallest absolute Gasteiger partial charge is 0.323 e. The molecule has 2 aromatic rings. The molecule has 128 valence electrons. The number of anilines is 1. The Labute approximate surface area is 140 Å². The quantitative estimate of drug-likeness (QED) is 0.819. The Hall–Kier alpha value is -2.51. The van der Waals surface area contributed by atoms with Gasteiger partial charge in [0.05, 0.1) is 5.56 Å². The third kappa shape index (κ3) is 3.87. The highest BCUT2D eigenvalue weighted by molar-refractivity contribution is 5.93. The molecule has 0 aromatic carbocycles. The minimum atomic E-state index is 0.0165. The number of hydrogen-bond donors (Lipinski definition) is 0. The van der Waals surface area contributed by atoms with E-state index in [4.69, 9.17) is 4.52 Å². The molecule has 24 heavy (non-hydrogen) atoms.